The summed E-state index contributed by atoms with van der Waals surface area (Å²) in [5, 5.41) is 0. The molecule has 0 saturated carbocycles. The third kappa shape index (κ3) is 9.13. The Hall–Kier alpha value is -0.120. The molecule has 0 aromatic carbocycles. The Morgan fingerprint density at radius 3 is 2.38 bits per heavy atom. The Balaban J connectivity index is 3.83. The molecule has 98 valence electrons. The summed E-state index contributed by atoms with van der Waals surface area (Å²) in [6.07, 6.45) is 2.29. The van der Waals surface area contributed by atoms with Gasteiger partial charge in [0.1, 0.15) is 0 Å². The SMILES string of the molecule is COCCCN(C)CC(CN)CC(C)(C)C. The van der Waals surface area contributed by atoms with Crippen molar-refractivity contribution < 1.29 is 4.74 Å². The minimum atomic E-state index is 0.372. The van der Waals surface area contributed by atoms with Gasteiger partial charge in [0.2, 0.25) is 0 Å². The minimum absolute atomic E-state index is 0.372. The van der Waals surface area contributed by atoms with Gasteiger partial charge in [-0.25, -0.2) is 0 Å². The van der Waals surface area contributed by atoms with Crippen molar-refractivity contribution in [2.45, 2.75) is 33.6 Å². The van der Waals surface area contributed by atoms with Crippen molar-refractivity contribution in [3.05, 3.63) is 0 Å². The first-order chi connectivity index (χ1) is 7.39. The quantitative estimate of drug-likeness (QED) is 0.648. The lowest BCUT2D eigenvalue weighted by Crippen LogP contribution is -2.33. The van der Waals surface area contributed by atoms with Crippen molar-refractivity contribution in [1.29, 1.82) is 0 Å². The summed E-state index contributed by atoms with van der Waals surface area (Å²) in [5.74, 6) is 0.604. The third-order valence-corrected chi connectivity index (χ3v) is 2.69. The van der Waals surface area contributed by atoms with E-state index in [4.69, 9.17) is 10.5 Å². The van der Waals surface area contributed by atoms with Crippen LogP contribution in [0.2, 0.25) is 0 Å². The number of hydrogen-bond acceptors (Lipinski definition) is 3. The number of rotatable bonds is 8. The molecular weight excluding hydrogens is 200 g/mol. The van der Waals surface area contributed by atoms with E-state index in [1.165, 1.54) is 6.42 Å². The summed E-state index contributed by atoms with van der Waals surface area (Å²) in [4.78, 5) is 2.36. The number of methoxy groups -OCH3 is 1. The van der Waals surface area contributed by atoms with Crippen LogP contribution in [0.15, 0.2) is 0 Å². The van der Waals surface area contributed by atoms with Crippen LogP contribution in [0.5, 0.6) is 0 Å². The van der Waals surface area contributed by atoms with Gasteiger partial charge in [0.15, 0.2) is 0 Å². The van der Waals surface area contributed by atoms with E-state index in [9.17, 15) is 0 Å². The molecule has 0 saturated heterocycles. The van der Waals surface area contributed by atoms with Crippen LogP contribution < -0.4 is 5.73 Å². The van der Waals surface area contributed by atoms with E-state index in [0.717, 1.165) is 32.7 Å². The number of nitrogens with two attached hydrogens (primary N) is 1. The fourth-order valence-electron chi connectivity index (χ4n) is 2.10. The molecule has 0 amide bonds. The Labute approximate surface area is 101 Å². The summed E-state index contributed by atoms with van der Waals surface area (Å²) in [6, 6.07) is 0. The molecule has 0 aliphatic heterocycles. The Morgan fingerprint density at radius 2 is 1.94 bits per heavy atom. The minimum Gasteiger partial charge on any atom is -0.385 e. The van der Waals surface area contributed by atoms with E-state index >= 15 is 0 Å². The first-order valence-electron chi connectivity index (χ1n) is 6.26. The van der Waals surface area contributed by atoms with Gasteiger partial charge in [0.25, 0.3) is 0 Å². The fourth-order valence-corrected chi connectivity index (χ4v) is 2.10. The normalized spacial score (nSPS) is 14.4. The lowest BCUT2D eigenvalue weighted by molar-refractivity contribution is 0.167. The predicted octanol–water partition coefficient (Wildman–Crippen LogP) is 1.97. The summed E-state index contributed by atoms with van der Waals surface area (Å²) >= 11 is 0. The molecular formula is C13H30N2O. The van der Waals surface area contributed by atoms with Gasteiger partial charge < -0.3 is 15.4 Å². The molecule has 0 aromatic rings. The topological polar surface area (TPSA) is 38.5 Å². The maximum Gasteiger partial charge on any atom is 0.0474 e. The molecule has 0 heterocycles. The number of nitrogens with zero attached hydrogens (tertiary/aromatic N) is 1. The zero-order valence-corrected chi connectivity index (χ0v) is 11.8. The molecule has 0 rings (SSSR count). The van der Waals surface area contributed by atoms with Crippen molar-refractivity contribution in [2.24, 2.45) is 17.1 Å². The molecule has 3 nitrogen and oxygen atoms in total. The van der Waals surface area contributed by atoms with E-state index in [1.54, 1.807) is 7.11 Å². The van der Waals surface area contributed by atoms with Crippen molar-refractivity contribution in [2.75, 3.05) is 40.4 Å². The summed E-state index contributed by atoms with van der Waals surface area (Å²) < 4.78 is 5.05. The maximum absolute atomic E-state index is 5.83. The van der Waals surface area contributed by atoms with Gasteiger partial charge in [-0.05, 0) is 37.8 Å². The zero-order chi connectivity index (χ0) is 12.6. The van der Waals surface area contributed by atoms with Gasteiger partial charge in [0, 0.05) is 26.8 Å². The molecule has 1 unspecified atom stereocenters. The maximum atomic E-state index is 5.83. The number of hydrogen-bond donors (Lipinski definition) is 1. The molecule has 0 spiro atoms. The zero-order valence-electron chi connectivity index (χ0n) is 11.8. The summed E-state index contributed by atoms with van der Waals surface area (Å²) in [5.41, 5.74) is 6.20. The highest BCUT2D eigenvalue weighted by Crippen LogP contribution is 2.24. The highest BCUT2D eigenvalue weighted by Gasteiger charge is 2.18. The van der Waals surface area contributed by atoms with Crippen LogP contribution in [-0.4, -0.2) is 45.3 Å². The van der Waals surface area contributed by atoms with E-state index < -0.39 is 0 Å². The highest BCUT2D eigenvalue weighted by atomic mass is 16.5. The van der Waals surface area contributed by atoms with Crippen LogP contribution in [-0.2, 0) is 4.74 Å². The Morgan fingerprint density at radius 1 is 1.31 bits per heavy atom. The van der Waals surface area contributed by atoms with Gasteiger partial charge in [0.05, 0.1) is 0 Å². The van der Waals surface area contributed by atoms with Crippen molar-refractivity contribution in [3.63, 3.8) is 0 Å². The second-order valence-corrected chi connectivity index (χ2v) is 5.98. The average Bonchev–Trinajstić information content (AvgIpc) is 2.15. The average molecular weight is 230 g/mol. The first kappa shape index (κ1) is 15.9. The van der Waals surface area contributed by atoms with Gasteiger partial charge in [-0.1, -0.05) is 20.8 Å². The van der Waals surface area contributed by atoms with Crippen LogP contribution in [0, 0.1) is 11.3 Å². The van der Waals surface area contributed by atoms with Crippen LogP contribution in [0.25, 0.3) is 0 Å². The summed E-state index contributed by atoms with van der Waals surface area (Å²) in [7, 11) is 3.92. The summed E-state index contributed by atoms with van der Waals surface area (Å²) in [6.45, 7) is 10.6. The number of ether oxygens (including phenoxy) is 1. The lowest BCUT2D eigenvalue weighted by atomic mass is 9.84. The molecule has 0 aromatic heterocycles. The predicted molar refractivity (Wildman–Crippen MR) is 70.6 cm³/mol. The van der Waals surface area contributed by atoms with Gasteiger partial charge in [-0.3, -0.25) is 0 Å². The van der Waals surface area contributed by atoms with Crippen molar-refractivity contribution in [1.82, 2.24) is 4.90 Å². The smallest absolute Gasteiger partial charge is 0.0474 e. The molecule has 0 fully saturated rings. The highest BCUT2D eigenvalue weighted by molar-refractivity contribution is 4.72. The standard InChI is InChI=1S/C13H30N2O/c1-13(2,3)9-12(10-14)11-15(4)7-6-8-16-5/h12H,6-11,14H2,1-5H3. The largest absolute Gasteiger partial charge is 0.385 e. The molecule has 3 heteroatoms. The molecule has 0 bridgehead atoms. The van der Waals surface area contributed by atoms with E-state index in [2.05, 4.69) is 32.7 Å². The Kier molecular flexibility index (Phi) is 7.98. The van der Waals surface area contributed by atoms with E-state index in [1.807, 2.05) is 0 Å². The molecule has 1 atom stereocenters. The van der Waals surface area contributed by atoms with Crippen LogP contribution in [0.4, 0.5) is 0 Å². The molecule has 16 heavy (non-hydrogen) atoms. The van der Waals surface area contributed by atoms with Crippen LogP contribution >= 0.6 is 0 Å². The fraction of sp³-hybridized carbons (Fsp3) is 1.00. The first-order valence-corrected chi connectivity index (χ1v) is 6.26. The monoisotopic (exact) mass is 230 g/mol. The second kappa shape index (κ2) is 8.04. The molecule has 0 radical (unpaired) electrons. The molecule has 0 aliphatic carbocycles. The van der Waals surface area contributed by atoms with E-state index in [0.29, 0.717) is 11.3 Å². The van der Waals surface area contributed by atoms with Gasteiger partial charge in [-0.15, -0.1) is 0 Å². The second-order valence-electron chi connectivity index (χ2n) is 5.98. The van der Waals surface area contributed by atoms with E-state index in [-0.39, 0.29) is 0 Å². The van der Waals surface area contributed by atoms with Gasteiger partial charge >= 0.3 is 0 Å². The lowest BCUT2D eigenvalue weighted by Gasteiger charge is -2.28. The van der Waals surface area contributed by atoms with Crippen LogP contribution in [0.3, 0.4) is 0 Å². The van der Waals surface area contributed by atoms with Crippen molar-refractivity contribution >= 4 is 0 Å². The third-order valence-electron chi connectivity index (χ3n) is 2.69. The molecule has 2 N–H and O–H groups in total. The van der Waals surface area contributed by atoms with Crippen LogP contribution in [0.1, 0.15) is 33.6 Å². The Bertz CT molecular complexity index is 166. The van der Waals surface area contributed by atoms with Gasteiger partial charge in [-0.2, -0.15) is 0 Å². The molecule has 0 aliphatic rings. The van der Waals surface area contributed by atoms with Crippen molar-refractivity contribution in [3.8, 4) is 0 Å².